The molecule has 2 rings (SSSR count). The standard InChI is InChI=1S/C18H15BrFNO4/c1-24-16-8-3-13(19)10-12(16)2-9-18(23)25-11-17(22)21-15-6-4-14(20)5-7-15/h2-10H,11H2,1H3,(H,21,22)/b9-2+. The average Bonchev–Trinajstić information content (AvgIpc) is 2.60. The van der Waals surface area contributed by atoms with Crippen LogP contribution in [-0.2, 0) is 14.3 Å². The van der Waals surface area contributed by atoms with Gasteiger partial charge in [-0.2, -0.15) is 0 Å². The molecular formula is C18H15BrFNO4. The number of rotatable bonds is 6. The highest BCUT2D eigenvalue weighted by Crippen LogP contribution is 2.24. The molecule has 25 heavy (non-hydrogen) atoms. The Morgan fingerprint density at radius 3 is 2.60 bits per heavy atom. The van der Waals surface area contributed by atoms with Gasteiger partial charge in [0.15, 0.2) is 6.61 Å². The van der Waals surface area contributed by atoms with Crippen molar-refractivity contribution in [1.82, 2.24) is 0 Å². The summed E-state index contributed by atoms with van der Waals surface area (Å²) in [5.74, 6) is -0.997. The number of carbonyl (C=O) groups is 2. The Hall–Kier alpha value is -2.67. The summed E-state index contributed by atoms with van der Waals surface area (Å²) >= 11 is 3.34. The van der Waals surface area contributed by atoms with Crippen molar-refractivity contribution in [2.24, 2.45) is 0 Å². The Kier molecular flexibility index (Phi) is 6.71. The Morgan fingerprint density at radius 1 is 1.20 bits per heavy atom. The minimum absolute atomic E-state index is 0.405. The molecule has 0 saturated carbocycles. The van der Waals surface area contributed by atoms with Crippen molar-refractivity contribution >= 4 is 39.6 Å². The van der Waals surface area contributed by atoms with Crippen LogP contribution >= 0.6 is 15.9 Å². The van der Waals surface area contributed by atoms with Crippen LogP contribution in [0.5, 0.6) is 5.75 Å². The zero-order chi connectivity index (χ0) is 18.2. The minimum Gasteiger partial charge on any atom is -0.496 e. The van der Waals surface area contributed by atoms with Crippen LogP contribution in [0, 0.1) is 5.82 Å². The predicted molar refractivity (Wildman–Crippen MR) is 95.7 cm³/mol. The van der Waals surface area contributed by atoms with Crippen molar-refractivity contribution in [3.63, 3.8) is 0 Å². The van der Waals surface area contributed by atoms with E-state index in [4.69, 9.17) is 9.47 Å². The van der Waals surface area contributed by atoms with Gasteiger partial charge in [-0.25, -0.2) is 9.18 Å². The summed E-state index contributed by atoms with van der Waals surface area (Å²) < 4.78 is 23.7. The van der Waals surface area contributed by atoms with Gasteiger partial charge < -0.3 is 14.8 Å². The van der Waals surface area contributed by atoms with Gasteiger partial charge in [0, 0.05) is 21.8 Å². The van der Waals surface area contributed by atoms with E-state index in [1.54, 1.807) is 12.1 Å². The summed E-state index contributed by atoms with van der Waals surface area (Å²) in [6.45, 7) is -0.448. The number of hydrogen-bond donors (Lipinski definition) is 1. The number of carbonyl (C=O) groups excluding carboxylic acids is 2. The third kappa shape index (κ3) is 6.04. The smallest absolute Gasteiger partial charge is 0.331 e. The third-order valence-electron chi connectivity index (χ3n) is 3.06. The fourth-order valence-corrected chi connectivity index (χ4v) is 2.29. The maximum Gasteiger partial charge on any atom is 0.331 e. The summed E-state index contributed by atoms with van der Waals surface area (Å²) in [6, 6.07) is 10.6. The number of esters is 1. The van der Waals surface area contributed by atoms with Crippen molar-refractivity contribution in [3.8, 4) is 5.75 Å². The number of methoxy groups -OCH3 is 1. The van der Waals surface area contributed by atoms with Crippen LogP contribution in [0.1, 0.15) is 5.56 Å². The van der Waals surface area contributed by atoms with Crippen LogP contribution in [0.4, 0.5) is 10.1 Å². The number of benzene rings is 2. The van der Waals surface area contributed by atoms with Gasteiger partial charge >= 0.3 is 5.97 Å². The average molecular weight is 408 g/mol. The first-order valence-electron chi connectivity index (χ1n) is 7.22. The zero-order valence-corrected chi connectivity index (χ0v) is 14.9. The molecule has 0 heterocycles. The molecule has 1 N–H and O–H groups in total. The van der Waals surface area contributed by atoms with Crippen LogP contribution in [0.2, 0.25) is 0 Å². The summed E-state index contributed by atoms with van der Waals surface area (Å²) in [7, 11) is 1.53. The molecule has 2 aromatic carbocycles. The van der Waals surface area contributed by atoms with E-state index in [-0.39, 0.29) is 0 Å². The van der Waals surface area contributed by atoms with Crippen molar-refractivity contribution in [3.05, 3.63) is 64.4 Å². The number of ether oxygens (including phenoxy) is 2. The van der Waals surface area contributed by atoms with E-state index in [0.29, 0.717) is 17.0 Å². The van der Waals surface area contributed by atoms with Crippen LogP contribution < -0.4 is 10.1 Å². The van der Waals surface area contributed by atoms with E-state index in [9.17, 15) is 14.0 Å². The lowest BCUT2D eigenvalue weighted by Crippen LogP contribution is -2.20. The molecule has 2 aromatic rings. The first kappa shape index (κ1) is 18.7. The number of amides is 1. The molecule has 0 bridgehead atoms. The number of nitrogens with one attached hydrogen (secondary N) is 1. The molecule has 1 amide bonds. The van der Waals surface area contributed by atoms with E-state index in [0.717, 1.165) is 4.47 Å². The fourth-order valence-electron chi connectivity index (χ4n) is 1.91. The molecule has 0 aliphatic heterocycles. The highest BCUT2D eigenvalue weighted by molar-refractivity contribution is 9.10. The van der Waals surface area contributed by atoms with E-state index < -0.39 is 24.3 Å². The van der Waals surface area contributed by atoms with Gasteiger partial charge in [0.2, 0.25) is 0 Å². The molecule has 0 aliphatic rings. The molecule has 0 fully saturated rings. The summed E-state index contributed by atoms with van der Waals surface area (Å²) in [4.78, 5) is 23.4. The molecule has 7 heteroatoms. The van der Waals surface area contributed by atoms with Crippen molar-refractivity contribution in [2.75, 3.05) is 19.0 Å². The molecule has 0 aromatic heterocycles. The maximum atomic E-state index is 12.8. The number of hydrogen-bond acceptors (Lipinski definition) is 4. The van der Waals surface area contributed by atoms with Crippen molar-refractivity contribution in [2.45, 2.75) is 0 Å². The summed E-state index contributed by atoms with van der Waals surface area (Å²) in [5, 5.41) is 2.49. The second-order valence-electron chi connectivity index (χ2n) is 4.88. The van der Waals surface area contributed by atoms with Crippen LogP contribution in [0.15, 0.2) is 53.0 Å². The molecule has 0 unspecified atom stereocenters. The topological polar surface area (TPSA) is 64.6 Å². The largest absolute Gasteiger partial charge is 0.496 e. The summed E-state index contributed by atoms with van der Waals surface area (Å²) in [5.41, 5.74) is 1.10. The lowest BCUT2D eigenvalue weighted by Gasteiger charge is -2.06. The van der Waals surface area contributed by atoms with Gasteiger partial charge in [-0.3, -0.25) is 4.79 Å². The first-order chi connectivity index (χ1) is 12.0. The van der Waals surface area contributed by atoms with E-state index in [1.807, 2.05) is 6.07 Å². The second kappa shape index (κ2) is 8.98. The Balaban J connectivity index is 1.87. The van der Waals surface area contributed by atoms with Crippen molar-refractivity contribution < 1.29 is 23.5 Å². The van der Waals surface area contributed by atoms with E-state index >= 15 is 0 Å². The molecule has 0 atom stereocenters. The third-order valence-corrected chi connectivity index (χ3v) is 3.56. The van der Waals surface area contributed by atoms with Crippen molar-refractivity contribution in [1.29, 1.82) is 0 Å². The molecular weight excluding hydrogens is 393 g/mol. The highest BCUT2D eigenvalue weighted by atomic mass is 79.9. The number of anilines is 1. The minimum atomic E-state index is -0.670. The lowest BCUT2D eigenvalue weighted by molar-refractivity contribution is -0.142. The van der Waals surface area contributed by atoms with Gasteiger partial charge in [0.25, 0.3) is 5.91 Å². The Bertz CT molecular complexity index is 790. The van der Waals surface area contributed by atoms with Gasteiger partial charge in [-0.05, 0) is 48.5 Å². The summed E-state index contributed by atoms with van der Waals surface area (Å²) in [6.07, 6.45) is 2.74. The van der Waals surface area contributed by atoms with Gasteiger partial charge in [-0.15, -0.1) is 0 Å². The normalized spacial score (nSPS) is 10.5. The number of halogens is 2. The Morgan fingerprint density at radius 2 is 1.92 bits per heavy atom. The fraction of sp³-hybridized carbons (Fsp3) is 0.111. The van der Waals surface area contributed by atoms with Gasteiger partial charge in [0.1, 0.15) is 11.6 Å². The zero-order valence-electron chi connectivity index (χ0n) is 13.3. The molecule has 0 radical (unpaired) electrons. The maximum absolute atomic E-state index is 12.8. The van der Waals surface area contributed by atoms with E-state index in [2.05, 4.69) is 21.2 Å². The van der Waals surface area contributed by atoms with Gasteiger partial charge in [0.05, 0.1) is 7.11 Å². The van der Waals surface area contributed by atoms with Crippen LogP contribution in [-0.4, -0.2) is 25.6 Å². The highest BCUT2D eigenvalue weighted by Gasteiger charge is 2.07. The second-order valence-corrected chi connectivity index (χ2v) is 5.80. The van der Waals surface area contributed by atoms with Gasteiger partial charge in [-0.1, -0.05) is 15.9 Å². The molecule has 0 saturated heterocycles. The first-order valence-corrected chi connectivity index (χ1v) is 8.01. The predicted octanol–water partition coefficient (Wildman–Crippen LogP) is 3.79. The SMILES string of the molecule is COc1ccc(Br)cc1/C=C/C(=O)OCC(=O)Nc1ccc(F)cc1. The van der Waals surface area contributed by atoms with Crippen LogP contribution in [0.25, 0.3) is 6.08 Å². The molecule has 5 nitrogen and oxygen atoms in total. The monoisotopic (exact) mass is 407 g/mol. The molecule has 0 spiro atoms. The quantitative estimate of drug-likeness (QED) is 0.584. The molecule has 130 valence electrons. The Labute approximate surface area is 152 Å². The lowest BCUT2D eigenvalue weighted by atomic mass is 10.2. The van der Waals surface area contributed by atoms with E-state index in [1.165, 1.54) is 43.5 Å². The van der Waals surface area contributed by atoms with Crippen LogP contribution in [0.3, 0.4) is 0 Å². The molecule has 0 aliphatic carbocycles.